The number of anilines is 1. The SMILES string of the molecule is CC(C(N)=O)c1c(C#Cc2cccc3cc([C@H](C)NC(=O)c4c(N)nn5cccnc45)n(-c4ccccc4)c(=O)c23)cnn1C. The zero-order valence-electron chi connectivity index (χ0n) is 24.7. The van der Waals surface area contributed by atoms with E-state index in [-0.39, 0.29) is 16.9 Å². The Balaban J connectivity index is 1.47. The second kappa shape index (κ2) is 11.5. The Hall–Kier alpha value is -6.22. The van der Waals surface area contributed by atoms with Crippen molar-refractivity contribution in [3.63, 3.8) is 0 Å². The molecule has 2 aromatic carbocycles. The molecule has 0 bridgehead atoms. The van der Waals surface area contributed by atoms with Crippen LogP contribution in [-0.4, -0.2) is 40.8 Å². The van der Waals surface area contributed by atoms with Gasteiger partial charge in [0, 0.05) is 36.4 Å². The number of hydrogen-bond acceptors (Lipinski definition) is 7. The molecule has 12 nitrogen and oxygen atoms in total. The number of amides is 2. The molecule has 4 aromatic heterocycles. The zero-order chi connectivity index (χ0) is 31.8. The first-order valence-electron chi connectivity index (χ1n) is 14.1. The van der Waals surface area contributed by atoms with Crippen LogP contribution in [0.2, 0.25) is 0 Å². The van der Waals surface area contributed by atoms with Gasteiger partial charge in [0.25, 0.3) is 11.5 Å². The van der Waals surface area contributed by atoms with Crippen LogP contribution in [0, 0.1) is 11.8 Å². The summed E-state index contributed by atoms with van der Waals surface area (Å²) in [6.07, 6.45) is 4.79. The van der Waals surface area contributed by atoms with Crippen molar-refractivity contribution in [2.75, 3.05) is 5.73 Å². The number of nitrogens with zero attached hydrogens (tertiary/aromatic N) is 6. The molecular formula is C33H29N9O3. The van der Waals surface area contributed by atoms with E-state index in [4.69, 9.17) is 11.5 Å². The average Bonchev–Trinajstić information content (AvgIpc) is 3.57. The molecule has 224 valence electrons. The first kappa shape index (κ1) is 28.9. The molecule has 0 saturated carbocycles. The van der Waals surface area contributed by atoms with Crippen LogP contribution in [0.1, 0.15) is 58.7 Å². The topological polar surface area (TPSA) is 168 Å². The molecule has 6 aromatic rings. The minimum absolute atomic E-state index is 0.0440. The Morgan fingerprint density at radius 2 is 1.76 bits per heavy atom. The predicted octanol–water partition coefficient (Wildman–Crippen LogP) is 2.83. The lowest BCUT2D eigenvalue weighted by Gasteiger charge is -2.21. The van der Waals surface area contributed by atoms with E-state index in [1.54, 1.807) is 60.9 Å². The maximum atomic E-state index is 14.4. The highest BCUT2D eigenvalue weighted by Gasteiger charge is 2.24. The number of primary amides is 1. The lowest BCUT2D eigenvalue weighted by molar-refractivity contribution is -0.119. The summed E-state index contributed by atoms with van der Waals surface area (Å²) >= 11 is 0. The van der Waals surface area contributed by atoms with E-state index >= 15 is 0 Å². The van der Waals surface area contributed by atoms with Crippen LogP contribution in [0.4, 0.5) is 5.82 Å². The molecular weight excluding hydrogens is 570 g/mol. The van der Waals surface area contributed by atoms with Gasteiger partial charge >= 0.3 is 0 Å². The van der Waals surface area contributed by atoms with Crippen molar-refractivity contribution < 1.29 is 9.59 Å². The van der Waals surface area contributed by atoms with Crippen molar-refractivity contribution >= 4 is 34.1 Å². The standard InChI is InChI=1S/C33H29N9O3/c1-19(30(35)43)28-23(18-37-40(28)3)14-13-21-9-7-10-22-17-25(42(33(45)26(21)22)24-11-5-4-6-12-24)20(2)38-32(44)27-29(34)39-41-16-8-15-36-31(27)41/h4-12,15-20H,1-3H3,(H2,34,39)(H2,35,43)(H,38,44)/t19?,20-/m0/s1. The fraction of sp³-hybridized carbons (Fsp3) is 0.152. The number of nitrogen functional groups attached to an aromatic ring is 1. The predicted molar refractivity (Wildman–Crippen MR) is 170 cm³/mol. The van der Waals surface area contributed by atoms with Crippen molar-refractivity contribution in [2.24, 2.45) is 12.8 Å². The van der Waals surface area contributed by atoms with Crippen LogP contribution in [0.15, 0.2) is 84.0 Å². The molecule has 0 aliphatic carbocycles. The van der Waals surface area contributed by atoms with E-state index in [9.17, 15) is 14.4 Å². The summed E-state index contributed by atoms with van der Waals surface area (Å²) in [7, 11) is 1.72. The fourth-order valence-corrected chi connectivity index (χ4v) is 5.44. The maximum absolute atomic E-state index is 14.4. The highest BCUT2D eigenvalue weighted by atomic mass is 16.2. The lowest BCUT2D eigenvalue weighted by Crippen LogP contribution is -2.32. The Bertz CT molecular complexity index is 2240. The third kappa shape index (κ3) is 5.16. The third-order valence-corrected chi connectivity index (χ3v) is 7.68. The van der Waals surface area contributed by atoms with Crippen LogP contribution in [0.25, 0.3) is 22.1 Å². The molecule has 0 aliphatic rings. The second-order valence-electron chi connectivity index (χ2n) is 10.6. The number of pyridine rings is 1. The minimum Gasteiger partial charge on any atom is -0.381 e. The number of para-hydroxylation sites is 1. The molecule has 6 rings (SSSR count). The Morgan fingerprint density at radius 3 is 2.51 bits per heavy atom. The minimum atomic E-state index is -0.629. The molecule has 0 aliphatic heterocycles. The molecule has 2 atom stereocenters. The maximum Gasteiger partial charge on any atom is 0.264 e. The summed E-state index contributed by atoms with van der Waals surface area (Å²) in [6, 6.07) is 17.5. The molecule has 4 heterocycles. The van der Waals surface area contributed by atoms with Gasteiger partial charge in [0.15, 0.2) is 11.5 Å². The number of hydrogen-bond donors (Lipinski definition) is 3. The van der Waals surface area contributed by atoms with E-state index < -0.39 is 23.8 Å². The van der Waals surface area contributed by atoms with Crippen molar-refractivity contribution in [2.45, 2.75) is 25.8 Å². The summed E-state index contributed by atoms with van der Waals surface area (Å²) < 4.78 is 4.58. The molecule has 2 amide bonds. The summed E-state index contributed by atoms with van der Waals surface area (Å²) in [5.74, 6) is 4.69. The number of carbonyl (C=O) groups excluding carboxylic acids is 2. The average molecular weight is 600 g/mol. The van der Waals surface area contributed by atoms with Gasteiger partial charge in [0.2, 0.25) is 5.91 Å². The molecule has 0 saturated heterocycles. The molecule has 45 heavy (non-hydrogen) atoms. The molecule has 12 heteroatoms. The van der Waals surface area contributed by atoms with Gasteiger partial charge in [-0.15, -0.1) is 5.10 Å². The number of nitrogens with two attached hydrogens (primary N) is 2. The van der Waals surface area contributed by atoms with Crippen LogP contribution < -0.4 is 22.3 Å². The molecule has 0 spiro atoms. The normalized spacial score (nSPS) is 12.4. The molecule has 0 fully saturated rings. The summed E-state index contributed by atoms with van der Waals surface area (Å²) in [4.78, 5) is 44.0. The van der Waals surface area contributed by atoms with Gasteiger partial charge in [0.1, 0.15) is 5.56 Å². The quantitative estimate of drug-likeness (QED) is 0.247. The van der Waals surface area contributed by atoms with Gasteiger partial charge in [0.05, 0.1) is 34.8 Å². The van der Waals surface area contributed by atoms with Crippen molar-refractivity contribution in [1.29, 1.82) is 0 Å². The number of aryl methyl sites for hydroxylation is 1. The van der Waals surface area contributed by atoms with Crippen LogP contribution >= 0.6 is 0 Å². The third-order valence-electron chi connectivity index (χ3n) is 7.68. The number of benzene rings is 2. The highest BCUT2D eigenvalue weighted by molar-refractivity contribution is 6.04. The largest absolute Gasteiger partial charge is 0.381 e. The number of rotatable bonds is 6. The Kier molecular flexibility index (Phi) is 7.35. The Morgan fingerprint density at radius 1 is 1.00 bits per heavy atom. The second-order valence-corrected chi connectivity index (χ2v) is 10.6. The van der Waals surface area contributed by atoms with E-state index in [0.29, 0.717) is 44.6 Å². The number of fused-ring (bicyclic) bond motifs is 2. The van der Waals surface area contributed by atoms with Crippen LogP contribution in [0.5, 0.6) is 0 Å². The van der Waals surface area contributed by atoms with Crippen molar-refractivity contribution in [3.8, 4) is 17.5 Å². The number of carbonyl (C=O) groups is 2. The van der Waals surface area contributed by atoms with E-state index in [1.807, 2.05) is 48.5 Å². The van der Waals surface area contributed by atoms with Gasteiger partial charge in [-0.05, 0) is 49.6 Å². The van der Waals surface area contributed by atoms with Gasteiger partial charge < -0.3 is 16.8 Å². The van der Waals surface area contributed by atoms with Gasteiger partial charge in [-0.25, -0.2) is 9.50 Å². The van der Waals surface area contributed by atoms with Gasteiger partial charge in [-0.2, -0.15) is 5.10 Å². The lowest BCUT2D eigenvalue weighted by atomic mass is 10.0. The monoisotopic (exact) mass is 599 g/mol. The molecule has 5 N–H and O–H groups in total. The number of nitrogens with one attached hydrogen (secondary N) is 1. The van der Waals surface area contributed by atoms with E-state index in [2.05, 4.69) is 32.3 Å². The van der Waals surface area contributed by atoms with Crippen molar-refractivity contribution in [3.05, 3.63) is 118 Å². The van der Waals surface area contributed by atoms with E-state index in [0.717, 1.165) is 0 Å². The zero-order valence-corrected chi connectivity index (χ0v) is 24.7. The van der Waals surface area contributed by atoms with Gasteiger partial charge in [-0.1, -0.05) is 42.2 Å². The van der Waals surface area contributed by atoms with E-state index in [1.165, 1.54) is 4.52 Å². The Labute approximate surface area is 257 Å². The molecule has 0 radical (unpaired) electrons. The fourth-order valence-electron chi connectivity index (χ4n) is 5.44. The first-order chi connectivity index (χ1) is 21.7. The van der Waals surface area contributed by atoms with Crippen molar-refractivity contribution in [1.82, 2.24) is 34.3 Å². The molecule has 1 unspecified atom stereocenters. The van der Waals surface area contributed by atoms with Gasteiger partial charge in [-0.3, -0.25) is 23.6 Å². The van der Waals surface area contributed by atoms with Crippen LogP contribution in [-0.2, 0) is 11.8 Å². The first-order valence-corrected chi connectivity index (χ1v) is 14.1. The van der Waals surface area contributed by atoms with Crippen LogP contribution in [0.3, 0.4) is 0 Å². The summed E-state index contributed by atoms with van der Waals surface area (Å²) in [6.45, 7) is 3.49. The number of aromatic nitrogens is 6. The highest BCUT2D eigenvalue weighted by Crippen LogP contribution is 2.25. The summed E-state index contributed by atoms with van der Waals surface area (Å²) in [5.41, 5.74) is 14.6. The summed E-state index contributed by atoms with van der Waals surface area (Å²) in [5, 5.41) is 12.5. The smallest absolute Gasteiger partial charge is 0.264 e.